The minimum Gasteiger partial charge on any atom is -0.383 e. The molecule has 0 bridgehead atoms. The average molecular weight is 242 g/mol. The lowest BCUT2D eigenvalue weighted by Crippen LogP contribution is -2.39. The Balaban J connectivity index is 2.57. The van der Waals surface area contributed by atoms with E-state index < -0.39 is 0 Å². The summed E-state index contributed by atoms with van der Waals surface area (Å²) in [5.41, 5.74) is 0. The second kappa shape index (κ2) is 6.33. The van der Waals surface area contributed by atoms with Crippen LogP contribution >= 0.6 is 11.3 Å². The van der Waals surface area contributed by atoms with Crippen LogP contribution in [-0.4, -0.2) is 24.7 Å². The number of ether oxygens (including phenoxy) is 1. The number of aryl methyl sites for hydroxylation is 1. The molecule has 0 fully saturated rings. The number of nitrogens with zero attached hydrogens (tertiary/aromatic N) is 1. The SMILES string of the molecule is COC[C@@H](N[C@@H](C)c1ncc(C)s1)C(C)C. The van der Waals surface area contributed by atoms with Crippen molar-refractivity contribution in [2.45, 2.75) is 39.8 Å². The van der Waals surface area contributed by atoms with Gasteiger partial charge in [-0.3, -0.25) is 0 Å². The van der Waals surface area contributed by atoms with Crippen molar-refractivity contribution in [3.05, 3.63) is 16.1 Å². The zero-order chi connectivity index (χ0) is 12.1. The van der Waals surface area contributed by atoms with Crippen molar-refractivity contribution < 1.29 is 4.74 Å². The van der Waals surface area contributed by atoms with E-state index in [9.17, 15) is 0 Å². The largest absolute Gasteiger partial charge is 0.383 e. The number of aromatic nitrogens is 1. The van der Waals surface area contributed by atoms with Crippen molar-refractivity contribution in [2.75, 3.05) is 13.7 Å². The molecule has 0 unspecified atom stereocenters. The molecule has 1 N–H and O–H groups in total. The summed E-state index contributed by atoms with van der Waals surface area (Å²) in [7, 11) is 1.75. The van der Waals surface area contributed by atoms with E-state index in [2.05, 4.69) is 38.0 Å². The van der Waals surface area contributed by atoms with Gasteiger partial charge in [-0.05, 0) is 19.8 Å². The van der Waals surface area contributed by atoms with Crippen molar-refractivity contribution in [3.8, 4) is 0 Å². The fourth-order valence-electron chi connectivity index (χ4n) is 1.58. The summed E-state index contributed by atoms with van der Waals surface area (Å²) in [4.78, 5) is 5.66. The maximum absolute atomic E-state index is 5.23. The molecule has 0 saturated heterocycles. The zero-order valence-corrected chi connectivity index (χ0v) is 11.6. The molecule has 3 nitrogen and oxygen atoms in total. The Morgan fingerprint density at radius 2 is 2.12 bits per heavy atom. The third-order valence-electron chi connectivity index (χ3n) is 2.62. The molecular formula is C12H22N2OS. The van der Waals surface area contributed by atoms with E-state index in [1.165, 1.54) is 4.88 Å². The fraction of sp³-hybridized carbons (Fsp3) is 0.750. The average Bonchev–Trinajstić information content (AvgIpc) is 2.64. The fourth-order valence-corrected chi connectivity index (χ4v) is 2.36. The minimum absolute atomic E-state index is 0.293. The third kappa shape index (κ3) is 3.85. The van der Waals surface area contributed by atoms with Crippen LogP contribution in [0.4, 0.5) is 0 Å². The molecule has 4 heteroatoms. The molecule has 16 heavy (non-hydrogen) atoms. The van der Waals surface area contributed by atoms with Crippen LogP contribution in [0.5, 0.6) is 0 Å². The molecule has 1 heterocycles. The first-order valence-electron chi connectivity index (χ1n) is 5.72. The molecule has 0 aliphatic heterocycles. The summed E-state index contributed by atoms with van der Waals surface area (Å²) < 4.78 is 5.23. The first-order chi connectivity index (χ1) is 7.54. The maximum Gasteiger partial charge on any atom is 0.109 e. The van der Waals surface area contributed by atoms with E-state index in [0.29, 0.717) is 18.0 Å². The highest BCUT2D eigenvalue weighted by molar-refractivity contribution is 7.11. The van der Waals surface area contributed by atoms with Gasteiger partial charge in [-0.2, -0.15) is 0 Å². The number of nitrogens with one attached hydrogen (secondary N) is 1. The summed E-state index contributed by atoms with van der Waals surface area (Å²) in [6.45, 7) is 9.39. The van der Waals surface area contributed by atoms with Crippen molar-refractivity contribution in [3.63, 3.8) is 0 Å². The van der Waals surface area contributed by atoms with Crippen LogP contribution in [0.3, 0.4) is 0 Å². The Labute approximate surface area is 102 Å². The van der Waals surface area contributed by atoms with Crippen molar-refractivity contribution in [2.24, 2.45) is 5.92 Å². The number of thiazole rings is 1. The van der Waals surface area contributed by atoms with Gasteiger partial charge in [0.15, 0.2) is 0 Å². The van der Waals surface area contributed by atoms with E-state index in [1.807, 2.05) is 6.20 Å². The van der Waals surface area contributed by atoms with Crippen molar-refractivity contribution >= 4 is 11.3 Å². The van der Waals surface area contributed by atoms with Crippen LogP contribution in [0.1, 0.15) is 36.7 Å². The zero-order valence-electron chi connectivity index (χ0n) is 10.8. The molecule has 0 aromatic carbocycles. The Kier molecular flexibility index (Phi) is 5.38. The minimum atomic E-state index is 0.293. The van der Waals surface area contributed by atoms with Crippen LogP contribution < -0.4 is 5.32 Å². The lowest BCUT2D eigenvalue weighted by Gasteiger charge is -2.24. The van der Waals surface area contributed by atoms with Crippen LogP contribution in [0.2, 0.25) is 0 Å². The highest BCUT2D eigenvalue weighted by Crippen LogP contribution is 2.20. The topological polar surface area (TPSA) is 34.1 Å². The van der Waals surface area contributed by atoms with Crippen molar-refractivity contribution in [1.82, 2.24) is 10.3 Å². The molecule has 0 radical (unpaired) electrons. The normalized spacial score (nSPS) is 15.4. The van der Waals surface area contributed by atoms with E-state index in [4.69, 9.17) is 4.74 Å². The number of methoxy groups -OCH3 is 1. The molecule has 0 amide bonds. The molecule has 92 valence electrons. The summed E-state index contributed by atoms with van der Waals surface area (Å²) in [5.74, 6) is 0.559. The maximum atomic E-state index is 5.23. The summed E-state index contributed by atoms with van der Waals surface area (Å²) in [6.07, 6.45) is 1.93. The monoisotopic (exact) mass is 242 g/mol. The Morgan fingerprint density at radius 3 is 2.56 bits per heavy atom. The molecule has 0 aliphatic carbocycles. The van der Waals surface area contributed by atoms with Gasteiger partial charge >= 0.3 is 0 Å². The Bertz CT molecular complexity index is 312. The predicted molar refractivity (Wildman–Crippen MR) is 68.9 cm³/mol. The van der Waals surface area contributed by atoms with Gasteiger partial charge in [-0.25, -0.2) is 4.98 Å². The van der Waals surface area contributed by atoms with E-state index >= 15 is 0 Å². The van der Waals surface area contributed by atoms with Crippen LogP contribution in [0.25, 0.3) is 0 Å². The van der Waals surface area contributed by atoms with Crippen molar-refractivity contribution in [1.29, 1.82) is 0 Å². The molecule has 1 rings (SSSR count). The molecule has 1 aromatic heterocycles. The molecule has 2 atom stereocenters. The van der Waals surface area contributed by atoms with E-state index in [1.54, 1.807) is 18.4 Å². The Hall–Kier alpha value is -0.450. The summed E-state index contributed by atoms with van der Waals surface area (Å²) in [6, 6.07) is 0.672. The molecule has 0 aliphatic rings. The van der Waals surface area contributed by atoms with E-state index in [0.717, 1.165) is 11.6 Å². The predicted octanol–water partition coefficient (Wildman–Crippen LogP) is 2.77. The molecule has 0 spiro atoms. The van der Waals surface area contributed by atoms with Gasteiger partial charge in [0, 0.05) is 24.2 Å². The second-order valence-corrected chi connectivity index (χ2v) is 5.77. The lowest BCUT2D eigenvalue weighted by atomic mass is 10.0. The molecular weight excluding hydrogens is 220 g/mol. The second-order valence-electron chi connectivity index (χ2n) is 4.50. The highest BCUT2D eigenvalue weighted by Gasteiger charge is 2.18. The summed E-state index contributed by atoms with van der Waals surface area (Å²) >= 11 is 1.75. The lowest BCUT2D eigenvalue weighted by molar-refractivity contribution is 0.141. The van der Waals surface area contributed by atoms with Gasteiger partial charge in [0.2, 0.25) is 0 Å². The van der Waals surface area contributed by atoms with Crippen LogP contribution in [-0.2, 0) is 4.74 Å². The first-order valence-corrected chi connectivity index (χ1v) is 6.53. The smallest absolute Gasteiger partial charge is 0.109 e. The van der Waals surface area contributed by atoms with Gasteiger partial charge < -0.3 is 10.1 Å². The van der Waals surface area contributed by atoms with Gasteiger partial charge in [0.25, 0.3) is 0 Å². The number of hydrogen-bond donors (Lipinski definition) is 1. The van der Waals surface area contributed by atoms with Gasteiger partial charge in [0.05, 0.1) is 12.6 Å². The third-order valence-corrected chi connectivity index (χ3v) is 3.72. The molecule has 1 aromatic rings. The van der Waals surface area contributed by atoms with Gasteiger partial charge in [-0.1, -0.05) is 13.8 Å². The number of rotatable bonds is 6. The highest BCUT2D eigenvalue weighted by atomic mass is 32.1. The van der Waals surface area contributed by atoms with Crippen LogP contribution in [0.15, 0.2) is 6.20 Å². The molecule has 0 saturated carbocycles. The standard InChI is InChI=1S/C12H22N2OS/c1-8(2)11(7-15-5)14-10(4)12-13-6-9(3)16-12/h6,8,10-11,14H,7H2,1-5H3/t10-,11+/m0/s1. The number of hydrogen-bond acceptors (Lipinski definition) is 4. The van der Waals surface area contributed by atoms with E-state index in [-0.39, 0.29) is 0 Å². The van der Waals surface area contributed by atoms with Gasteiger partial charge in [-0.15, -0.1) is 11.3 Å². The summed E-state index contributed by atoms with van der Waals surface area (Å²) in [5, 5.41) is 4.72. The van der Waals surface area contributed by atoms with Gasteiger partial charge in [0.1, 0.15) is 5.01 Å². The quantitative estimate of drug-likeness (QED) is 0.833. The Morgan fingerprint density at radius 1 is 1.44 bits per heavy atom. The van der Waals surface area contributed by atoms with Crippen LogP contribution in [0, 0.1) is 12.8 Å². The first kappa shape index (κ1) is 13.6.